The smallest absolute Gasteiger partial charge is 0.0364 e. The van der Waals surface area contributed by atoms with Gasteiger partial charge in [-0.3, -0.25) is 0 Å². The maximum Gasteiger partial charge on any atom is 0.0364 e. The third kappa shape index (κ3) is 2.52. The predicted molar refractivity (Wildman–Crippen MR) is 57.9 cm³/mol. The zero-order valence-corrected chi connectivity index (χ0v) is 8.25. The van der Waals surface area contributed by atoms with Crippen LogP contribution in [0.1, 0.15) is 18.9 Å². The van der Waals surface area contributed by atoms with E-state index < -0.39 is 0 Å². The molecule has 1 nitrogen and oxygen atoms in total. The van der Waals surface area contributed by atoms with Crippen molar-refractivity contribution >= 4 is 5.69 Å². The van der Waals surface area contributed by atoms with E-state index >= 15 is 0 Å². The maximum atomic E-state index is 5.27. The summed E-state index contributed by atoms with van der Waals surface area (Å²) in [6.07, 6.45) is 6.43. The summed E-state index contributed by atoms with van der Waals surface area (Å²) in [7, 11) is 2.09. The average molecular weight is 173 g/mol. The molecule has 1 rings (SSSR count). The summed E-state index contributed by atoms with van der Waals surface area (Å²) in [4.78, 5) is 2.22. The Morgan fingerprint density at radius 1 is 1.31 bits per heavy atom. The van der Waals surface area contributed by atoms with Crippen molar-refractivity contribution in [1.82, 2.24) is 0 Å². The summed E-state index contributed by atoms with van der Waals surface area (Å²) in [6.45, 7) is 3.25. The van der Waals surface area contributed by atoms with Gasteiger partial charge in [-0.2, -0.15) is 0 Å². The molecule has 0 fully saturated rings. The molecule has 0 saturated carbocycles. The van der Waals surface area contributed by atoms with Crippen LogP contribution in [0.5, 0.6) is 0 Å². The third-order valence-corrected chi connectivity index (χ3v) is 2.03. The van der Waals surface area contributed by atoms with E-state index in [1.54, 1.807) is 0 Å². The van der Waals surface area contributed by atoms with Gasteiger partial charge in [-0.15, -0.1) is 6.42 Å². The Morgan fingerprint density at radius 2 is 1.92 bits per heavy atom. The van der Waals surface area contributed by atoms with Crippen molar-refractivity contribution in [3.63, 3.8) is 0 Å². The Hall–Kier alpha value is -1.42. The lowest BCUT2D eigenvalue weighted by molar-refractivity contribution is 0.852. The summed E-state index contributed by atoms with van der Waals surface area (Å²) in [6, 6.07) is 8.07. The lowest BCUT2D eigenvalue weighted by atomic mass is 10.2. The monoisotopic (exact) mass is 173 g/mol. The van der Waals surface area contributed by atoms with E-state index in [1.807, 2.05) is 12.1 Å². The SMILES string of the molecule is C#Cc1ccc(N(C)CCC)cc1. The van der Waals surface area contributed by atoms with E-state index in [-0.39, 0.29) is 0 Å². The molecule has 0 heterocycles. The number of nitrogens with zero attached hydrogens (tertiary/aromatic N) is 1. The number of hydrogen-bond donors (Lipinski definition) is 0. The van der Waals surface area contributed by atoms with Crippen molar-refractivity contribution in [1.29, 1.82) is 0 Å². The lowest BCUT2D eigenvalue weighted by Crippen LogP contribution is -2.17. The minimum absolute atomic E-state index is 0.939. The first-order valence-corrected chi connectivity index (χ1v) is 4.55. The first kappa shape index (κ1) is 9.67. The van der Waals surface area contributed by atoms with Crippen LogP contribution in [0.2, 0.25) is 0 Å². The molecule has 0 aromatic heterocycles. The number of rotatable bonds is 3. The van der Waals surface area contributed by atoms with Crippen LogP contribution in [0.4, 0.5) is 5.69 Å². The lowest BCUT2D eigenvalue weighted by Gasteiger charge is -2.17. The van der Waals surface area contributed by atoms with Gasteiger partial charge in [-0.1, -0.05) is 12.8 Å². The normalized spacial score (nSPS) is 9.31. The van der Waals surface area contributed by atoms with Gasteiger partial charge in [0.25, 0.3) is 0 Å². The first-order chi connectivity index (χ1) is 6.27. The van der Waals surface area contributed by atoms with Gasteiger partial charge in [0.15, 0.2) is 0 Å². The van der Waals surface area contributed by atoms with Gasteiger partial charge in [-0.25, -0.2) is 0 Å². The van der Waals surface area contributed by atoms with Gasteiger partial charge in [0.1, 0.15) is 0 Å². The van der Waals surface area contributed by atoms with Crippen molar-refractivity contribution in [3.8, 4) is 12.3 Å². The standard InChI is InChI=1S/C12H15N/c1-4-10-13(3)12-8-6-11(5-2)7-9-12/h2,6-9H,4,10H2,1,3H3. The molecule has 0 bridgehead atoms. The number of anilines is 1. The molecule has 1 aromatic carbocycles. The molecule has 0 radical (unpaired) electrons. The van der Waals surface area contributed by atoms with Crippen molar-refractivity contribution in [2.75, 3.05) is 18.5 Å². The maximum absolute atomic E-state index is 5.27. The zero-order chi connectivity index (χ0) is 9.68. The largest absolute Gasteiger partial charge is 0.375 e. The van der Waals surface area contributed by atoms with E-state index in [4.69, 9.17) is 6.42 Å². The Labute approximate surface area is 80.4 Å². The van der Waals surface area contributed by atoms with Gasteiger partial charge in [-0.05, 0) is 30.7 Å². The average Bonchev–Trinajstić information content (AvgIpc) is 2.18. The second kappa shape index (κ2) is 4.57. The highest BCUT2D eigenvalue weighted by molar-refractivity contribution is 5.49. The molecule has 0 aliphatic carbocycles. The number of terminal acetylenes is 1. The van der Waals surface area contributed by atoms with Crippen LogP contribution in [0.15, 0.2) is 24.3 Å². The van der Waals surface area contributed by atoms with Crippen molar-refractivity contribution in [2.24, 2.45) is 0 Å². The fourth-order valence-corrected chi connectivity index (χ4v) is 1.28. The molecule has 0 unspecified atom stereocenters. The van der Waals surface area contributed by atoms with Gasteiger partial charge in [0.2, 0.25) is 0 Å². The fraction of sp³-hybridized carbons (Fsp3) is 0.333. The molecule has 0 N–H and O–H groups in total. The van der Waals surface area contributed by atoms with E-state index in [0.717, 1.165) is 18.5 Å². The highest BCUT2D eigenvalue weighted by atomic mass is 15.1. The minimum Gasteiger partial charge on any atom is -0.375 e. The Balaban J connectivity index is 2.75. The molecule has 0 aliphatic heterocycles. The van der Waals surface area contributed by atoms with E-state index in [2.05, 4.69) is 36.9 Å². The summed E-state index contributed by atoms with van der Waals surface area (Å²) >= 11 is 0. The topological polar surface area (TPSA) is 3.24 Å². The van der Waals surface area contributed by atoms with E-state index in [1.165, 1.54) is 5.69 Å². The van der Waals surface area contributed by atoms with Crippen molar-refractivity contribution in [2.45, 2.75) is 13.3 Å². The Kier molecular flexibility index (Phi) is 3.40. The molecule has 0 spiro atoms. The van der Waals surface area contributed by atoms with Gasteiger partial charge in [0.05, 0.1) is 0 Å². The second-order valence-electron chi connectivity index (χ2n) is 3.11. The number of benzene rings is 1. The highest BCUT2D eigenvalue weighted by Gasteiger charge is 1.97. The van der Waals surface area contributed by atoms with Crippen LogP contribution < -0.4 is 4.90 Å². The summed E-state index contributed by atoms with van der Waals surface area (Å²) < 4.78 is 0. The molecule has 13 heavy (non-hydrogen) atoms. The quantitative estimate of drug-likeness (QED) is 0.635. The molecule has 0 aliphatic rings. The fourth-order valence-electron chi connectivity index (χ4n) is 1.28. The molecular weight excluding hydrogens is 158 g/mol. The molecule has 0 atom stereocenters. The van der Waals surface area contributed by atoms with Crippen molar-refractivity contribution < 1.29 is 0 Å². The van der Waals surface area contributed by atoms with Crippen LogP contribution >= 0.6 is 0 Å². The summed E-state index contributed by atoms with van der Waals surface area (Å²) in [5.41, 5.74) is 2.16. The van der Waals surface area contributed by atoms with Gasteiger partial charge < -0.3 is 4.90 Å². The molecule has 0 saturated heterocycles. The first-order valence-electron chi connectivity index (χ1n) is 4.55. The molecule has 1 aromatic rings. The van der Waals surface area contributed by atoms with Crippen LogP contribution in [-0.2, 0) is 0 Å². The minimum atomic E-state index is 0.939. The zero-order valence-electron chi connectivity index (χ0n) is 8.25. The summed E-state index contributed by atoms with van der Waals surface area (Å²) in [5, 5.41) is 0. The van der Waals surface area contributed by atoms with Crippen molar-refractivity contribution in [3.05, 3.63) is 29.8 Å². The molecule has 0 amide bonds. The Morgan fingerprint density at radius 3 is 2.38 bits per heavy atom. The van der Waals surface area contributed by atoms with E-state index in [0.29, 0.717) is 0 Å². The van der Waals surface area contributed by atoms with Crippen LogP contribution in [0, 0.1) is 12.3 Å². The summed E-state index contributed by atoms with van der Waals surface area (Å²) in [5.74, 6) is 2.61. The predicted octanol–water partition coefficient (Wildman–Crippen LogP) is 2.51. The van der Waals surface area contributed by atoms with Gasteiger partial charge >= 0.3 is 0 Å². The Bertz CT molecular complexity index is 292. The highest BCUT2D eigenvalue weighted by Crippen LogP contribution is 2.13. The van der Waals surface area contributed by atoms with E-state index in [9.17, 15) is 0 Å². The number of hydrogen-bond acceptors (Lipinski definition) is 1. The molecular formula is C12H15N. The van der Waals surface area contributed by atoms with Crippen LogP contribution in [-0.4, -0.2) is 13.6 Å². The molecule has 1 heteroatoms. The molecule has 68 valence electrons. The third-order valence-electron chi connectivity index (χ3n) is 2.03. The van der Waals surface area contributed by atoms with Gasteiger partial charge in [0, 0.05) is 24.8 Å². The second-order valence-corrected chi connectivity index (χ2v) is 3.11. The van der Waals surface area contributed by atoms with Crippen LogP contribution in [0.3, 0.4) is 0 Å². The van der Waals surface area contributed by atoms with Crippen LogP contribution in [0.25, 0.3) is 0 Å².